The monoisotopic (exact) mass is 452 g/mol. The van der Waals surface area contributed by atoms with Gasteiger partial charge < -0.3 is 21.9 Å². The second-order valence-corrected chi connectivity index (χ2v) is 6.88. The number of aliphatic hydroxyl groups is 1. The van der Waals surface area contributed by atoms with E-state index in [0.29, 0.717) is 17.1 Å². The molecule has 32 heavy (non-hydrogen) atoms. The summed E-state index contributed by atoms with van der Waals surface area (Å²) in [4.78, 5) is 23.4. The summed E-state index contributed by atoms with van der Waals surface area (Å²) in [6, 6.07) is 14.6. The van der Waals surface area contributed by atoms with Crippen LogP contribution in [0.3, 0.4) is 0 Å². The van der Waals surface area contributed by atoms with Crippen LogP contribution in [0.4, 0.5) is 17.5 Å². The highest BCUT2D eigenvalue weighted by Gasteiger charge is 2.11. The molecule has 4 rings (SSSR count). The first-order valence-electron chi connectivity index (χ1n) is 9.47. The molecule has 1 amide bonds. The molecule has 7 N–H and O–H groups in total. The van der Waals surface area contributed by atoms with Crippen molar-refractivity contribution >= 4 is 35.0 Å². The summed E-state index contributed by atoms with van der Waals surface area (Å²) in [5.74, 6) is 0.383. The third-order valence-corrected chi connectivity index (χ3v) is 4.54. The van der Waals surface area contributed by atoms with Crippen LogP contribution in [-0.4, -0.2) is 42.8 Å². The van der Waals surface area contributed by atoms with Gasteiger partial charge in [-0.1, -0.05) is 41.9 Å². The number of carbonyl (C=O) groups excluding carboxylic acids is 1. The summed E-state index contributed by atoms with van der Waals surface area (Å²) in [6.45, 7) is 0.240. The Hall–Kier alpha value is -4.02. The fraction of sp³-hybridized carbons (Fsp3) is 0.0952. The van der Waals surface area contributed by atoms with Gasteiger partial charge in [0.15, 0.2) is 5.82 Å². The Morgan fingerprint density at radius 3 is 2.53 bits per heavy atom. The van der Waals surface area contributed by atoms with E-state index >= 15 is 0 Å². The molecule has 0 bridgehead atoms. The van der Waals surface area contributed by atoms with Gasteiger partial charge in [0, 0.05) is 18.5 Å². The van der Waals surface area contributed by atoms with Crippen LogP contribution in [0.5, 0.6) is 0 Å². The van der Waals surface area contributed by atoms with Crippen LogP contribution in [0, 0.1) is 0 Å². The lowest BCUT2D eigenvalue weighted by Crippen LogP contribution is -2.11. The Morgan fingerprint density at radius 1 is 1.16 bits per heavy atom. The van der Waals surface area contributed by atoms with Crippen molar-refractivity contribution in [1.82, 2.24) is 25.1 Å². The molecule has 2 heterocycles. The summed E-state index contributed by atoms with van der Waals surface area (Å²) < 4.78 is 0. The highest BCUT2D eigenvalue weighted by molar-refractivity contribution is 6.34. The molecule has 0 fully saturated rings. The van der Waals surface area contributed by atoms with Gasteiger partial charge in [-0.3, -0.25) is 9.89 Å². The average molecular weight is 453 g/mol. The van der Waals surface area contributed by atoms with Gasteiger partial charge in [-0.2, -0.15) is 10.1 Å². The Bertz CT molecular complexity index is 1170. The number of halogens is 1. The zero-order chi connectivity index (χ0) is 22.9. The van der Waals surface area contributed by atoms with Gasteiger partial charge in [-0.25, -0.2) is 9.97 Å². The first kappa shape index (κ1) is 22.7. The van der Waals surface area contributed by atoms with Crippen LogP contribution >= 0.6 is 11.6 Å². The molecule has 10 nitrogen and oxygen atoms in total. The highest BCUT2D eigenvalue weighted by Crippen LogP contribution is 2.24. The Morgan fingerprint density at radius 2 is 1.94 bits per heavy atom. The van der Waals surface area contributed by atoms with Gasteiger partial charge >= 0.3 is 0 Å². The third-order valence-electron chi connectivity index (χ3n) is 4.22. The zero-order valence-corrected chi connectivity index (χ0v) is 17.6. The maximum absolute atomic E-state index is 11.1. The number of hydrogen-bond donors (Lipinski definition) is 5. The summed E-state index contributed by atoms with van der Waals surface area (Å²) in [5.41, 5.74) is 13.7. The van der Waals surface area contributed by atoms with Crippen LogP contribution in [0.15, 0.2) is 61.1 Å². The van der Waals surface area contributed by atoms with Crippen molar-refractivity contribution in [3.05, 3.63) is 77.2 Å². The molecule has 11 heteroatoms. The molecular weight excluding hydrogens is 432 g/mol. The molecule has 0 spiro atoms. The smallest absolute Gasteiger partial charge is 0.250 e. The van der Waals surface area contributed by atoms with Gasteiger partial charge in [0.1, 0.15) is 12.1 Å². The number of aliphatic hydroxyl groups excluding tert-OH is 1. The zero-order valence-electron chi connectivity index (χ0n) is 16.9. The van der Waals surface area contributed by atoms with Crippen molar-refractivity contribution in [1.29, 1.82) is 0 Å². The normalized spacial score (nSPS) is 10.2. The molecule has 4 aromatic rings. The van der Waals surface area contributed by atoms with Gasteiger partial charge in [-0.15, -0.1) is 0 Å². The standard InChI is InChI=1S/C13H11ClN8O.C8H10O/c14-9-3-6(1-2-7(9)11(16)23)20-13-17-4-8(10(15)21-13)12-18-5-19-22-12;9-7-6-8-4-2-1-3-5-8/h1-5H,(H2,16,23)(H,18,19,22)(H3,15,17,20,21);1-5,9H,6-7H2. The number of hydrogen-bond acceptors (Lipinski definition) is 8. The van der Waals surface area contributed by atoms with Crippen molar-refractivity contribution in [3.8, 4) is 11.4 Å². The first-order valence-corrected chi connectivity index (χ1v) is 9.85. The molecule has 0 radical (unpaired) electrons. The molecule has 0 saturated heterocycles. The number of H-pyrrole nitrogens is 1. The van der Waals surface area contributed by atoms with E-state index in [1.165, 1.54) is 24.2 Å². The van der Waals surface area contributed by atoms with Crippen LogP contribution in [0.1, 0.15) is 15.9 Å². The summed E-state index contributed by atoms with van der Waals surface area (Å²) in [5, 5.41) is 18.1. The van der Waals surface area contributed by atoms with Crippen molar-refractivity contribution < 1.29 is 9.90 Å². The fourth-order valence-electron chi connectivity index (χ4n) is 2.67. The number of carbonyl (C=O) groups is 1. The molecular formula is C21H21ClN8O2. The van der Waals surface area contributed by atoms with Crippen LogP contribution in [0.25, 0.3) is 11.4 Å². The van der Waals surface area contributed by atoms with Crippen LogP contribution < -0.4 is 16.8 Å². The summed E-state index contributed by atoms with van der Waals surface area (Å²) >= 11 is 5.99. The fourth-order valence-corrected chi connectivity index (χ4v) is 2.94. The lowest BCUT2D eigenvalue weighted by atomic mass is 10.2. The van der Waals surface area contributed by atoms with Gasteiger partial charge in [0.25, 0.3) is 0 Å². The minimum atomic E-state index is -0.599. The number of benzene rings is 2. The molecule has 0 aliphatic carbocycles. The van der Waals surface area contributed by atoms with E-state index in [0.717, 1.165) is 6.42 Å². The minimum Gasteiger partial charge on any atom is -0.396 e. The average Bonchev–Trinajstić information content (AvgIpc) is 3.30. The summed E-state index contributed by atoms with van der Waals surface area (Å²) in [7, 11) is 0. The number of anilines is 3. The maximum Gasteiger partial charge on any atom is 0.250 e. The van der Waals surface area contributed by atoms with Crippen molar-refractivity contribution in [2.24, 2.45) is 5.73 Å². The second kappa shape index (κ2) is 10.8. The molecule has 0 saturated carbocycles. The van der Waals surface area contributed by atoms with E-state index in [2.05, 4.69) is 30.5 Å². The van der Waals surface area contributed by atoms with Crippen molar-refractivity contribution in [3.63, 3.8) is 0 Å². The quantitative estimate of drug-likeness (QED) is 0.297. The molecule has 0 atom stereocenters. The Balaban J connectivity index is 0.000000269. The minimum absolute atomic E-state index is 0.230. The van der Waals surface area contributed by atoms with E-state index < -0.39 is 5.91 Å². The predicted molar refractivity (Wildman–Crippen MR) is 122 cm³/mol. The van der Waals surface area contributed by atoms with Crippen LogP contribution in [0.2, 0.25) is 5.02 Å². The Kier molecular flexibility index (Phi) is 7.68. The van der Waals surface area contributed by atoms with E-state index in [-0.39, 0.29) is 29.0 Å². The molecule has 164 valence electrons. The first-order chi connectivity index (χ1) is 15.5. The lowest BCUT2D eigenvalue weighted by Gasteiger charge is -2.08. The maximum atomic E-state index is 11.1. The number of nitrogen functional groups attached to an aromatic ring is 1. The third kappa shape index (κ3) is 6.00. The molecule has 2 aromatic carbocycles. The molecule has 0 aliphatic rings. The number of aromatic amines is 1. The number of aromatic nitrogens is 5. The van der Waals surface area contributed by atoms with E-state index in [1.54, 1.807) is 12.1 Å². The number of rotatable bonds is 6. The highest BCUT2D eigenvalue weighted by atomic mass is 35.5. The SMILES string of the molecule is NC(=O)c1ccc(Nc2ncc(-c3ncn[nH]3)c(N)n2)cc1Cl.OCCc1ccccc1. The predicted octanol–water partition coefficient (Wildman–Crippen LogP) is 2.56. The van der Waals surface area contributed by atoms with Gasteiger partial charge in [0.05, 0.1) is 16.1 Å². The largest absolute Gasteiger partial charge is 0.396 e. The molecule has 0 aliphatic heterocycles. The molecule has 2 aromatic heterocycles. The number of nitrogens with zero attached hydrogens (tertiary/aromatic N) is 4. The number of nitrogens with one attached hydrogen (secondary N) is 2. The van der Waals surface area contributed by atoms with Gasteiger partial charge in [0.2, 0.25) is 11.9 Å². The molecule has 0 unspecified atom stereocenters. The topological polar surface area (TPSA) is 169 Å². The van der Waals surface area contributed by atoms with E-state index in [9.17, 15) is 4.79 Å². The van der Waals surface area contributed by atoms with Crippen molar-refractivity contribution in [2.75, 3.05) is 17.7 Å². The summed E-state index contributed by atoms with van der Waals surface area (Å²) in [6.07, 6.45) is 3.65. The van der Waals surface area contributed by atoms with E-state index in [1.807, 2.05) is 30.3 Å². The lowest BCUT2D eigenvalue weighted by molar-refractivity contribution is 0.100. The second-order valence-electron chi connectivity index (χ2n) is 6.47. The van der Waals surface area contributed by atoms with Crippen LogP contribution in [-0.2, 0) is 6.42 Å². The number of nitrogens with two attached hydrogens (primary N) is 2. The van der Waals surface area contributed by atoms with Crippen molar-refractivity contribution in [2.45, 2.75) is 6.42 Å². The Labute approximate surface area is 188 Å². The number of primary amides is 1. The number of amides is 1. The van der Waals surface area contributed by atoms with Gasteiger partial charge in [-0.05, 0) is 30.2 Å². The van der Waals surface area contributed by atoms with E-state index in [4.69, 9.17) is 28.2 Å².